The third-order valence-electron chi connectivity index (χ3n) is 3.82. The van der Waals surface area contributed by atoms with Crippen molar-refractivity contribution in [2.24, 2.45) is 0 Å². The molecule has 0 spiro atoms. The smallest absolute Gasteiger partial charge is 0.133 e. The molecule has 2 nitrogen and oxygen atoms in total. The van der Waals surface area contributed by atoms with E-state index in [1.807, 2.05) is 17.8 Å². The van der Waals surface area contributed by atoms with Crippen LogP contribution >= 0.6 is 11.8 Å². The van der Waals surface area contributed by atoms with Crippen molar-refractivity contribution in [2.45, 2.75) is 44.1 Å². The van der Waals surface area contributed by atoms with Gasteiger partial charge >= 0.3 is 0 Å². The molecule has 0 aliphatic rings. The topological polar surface area (TPSA) is 23.3 Å². The van der Waals surface area contributed by atoms with Crippen molar-refractivity contribution in [1.29, 1.82) is 0 Å². The molecule has 0 aliphatic carbocycles. The van der Waals surface area contributed by atoms with E-state index in [1.54, 1.807) is 0 Å². The Bertz CT molecular complexity index is 573. The molecule has 0 bridgehead atoms. The molecule has 0 N–H and O–H groups in total. The second-order valence-corrected chi connectivity index (χ2v) is 6.85. The molecule has 129 valence electrons. The van der Waals surface area contributed by atoms with E-state index in [0.29, 0.717) is 0 Å². The monoisotopic (exact) mass is 342 g/mol. The number of benzene rings is 2. The zero-order valence-electron chi connectivity index (χ0n) is 14.8. The summed E-state index contributed by atoms with van der Waals surface area (Å²) in [4.78, 5) is 1.24. The minimum atomic E-state index is 0.0504. The quantitative estimate of drug-likeness (QED) is 0.385. The van der Waals surface area contributed by atoms with Crippen LogP contribution in [0.15, 0.2) is 59.5 Å². The summed E-state index contributed by atoms with van der Waals surface area (Å²) in [5.74, 6) is 2.13. The Kier molecular flexibility index (Phi) is 8.78. The fourth-order valence-corrected chi connectivity index (χ4v) is 3.56. The summed E-state index contributed by atoms with van der Waals surface area (Å²) in [5, 5.41) is 4.48. The van der Waals surface area contributed by atoms with Gasteiger partial charge in [-0.15, -0.1) is 11.8 Å². The molecule has 1 atom stereocenters. The second-order valence-electron chi connectivity index (χ2n) is 5.72. The number of nitrogens with zero attached hydrogens (tertiary/aromatic N) is 1. The third-order valence-corrected chi connectivity index (χ3v) is 4.96. The second kappa shape index (κ2) is 11.2. The molecule has 0 fully saturated rings. The van der Waals surface area contributed by atoms with E-state index in [-0.39, 0.29) is 6.10 Å². The molecule has 0 aliphatic heterocycles. The Morgan fingerprint density at radius 3 is 2.50 bits per heavy atom. The van der Waals surface area contributed by atoms with Gasteiger partial charge in [-0.2, -0.15) is 0 Å². The lowest BCUT2D eigenvalue weighted by Crippen LogP contribution is -2.15. The first-order valence-corrected chi connectivity index (χ1v) is 9.90. The van der Waals surface area contributed by atoms with E-state index < -0.39 is 0 Å². The van der Waals surface area contributed by atoms with Crippen LogP contribution < -0.4 is 10.1 Å². The van der Waals surface area contributed by atoms with Gasteiger partial charge < -0.3 is 4.74 Å². The van der Waals surface area contributed by atoms with E-state index in [4.69, 9.17) is 4.74 Å². The van der Waals surface area contributed by atoms with Gasteiger partial charge in [0, 0.05) is 24.4 Å². The van der Waals surface area contributed by atoms with E-state index in [0.717, 1.165) is 31.0 Å². The number of unbranched alkanes of at least 4 members (excludes halogenated alkanes) is 1. The first-order valence-electron chi connectivity index (χ1n) is 8.91. The zero-order chi connectivity index (χ0) is 17.0. The van der Waals surface area contributed by atoms with Crippen LogP contribution in [0.5, 0.6) is 5.75 Å². The maximum atomic E-state index is 6.43. The Hall–Kier alpha value is -1.45. The molecule has 24 heavy (non-hydrogen) atoms. The Morgan fingerprint density at radius 2 is 1.75 bits per heavy atom. The SMILES string of the molecule is CCCCSc1ccccc1O[C@@H](CC[N]CC)c1ccccc1. The van der Waals surface area contributed by atoms with Gasteiger partial charge in [-0.05, 0) is 29.9 Å². The molecule has 1 radical (unpaired) electrons. The van der Waals surface area contributed by atoms with Crippen molar-refractivity contribution >= 4 is 11.8 Å². The molecule has 0 heterocycles. The van der Waals surface area contributed by atoms with Crippen LogP contribution in [0, 0.1) is 0 Å². The van der Waals surface area contributed by atoms with Crippen molar-refractivity contribution in [1.82, 2.24) is 5.32 Å². The van der Waals surface area contributed by atoms with Crippen molar-refractivity contribution in [2.75, 3.05) is 18.8 Å². The minimum absolute atomic E-state index is 0.0504. The van der Waals surface area contributed by atoms with Crippen LogP contribution in [-0.4, -0.2) is 18.8 Å². The van der Waals surface area contributed by atoms with E-state index in [2.05, 4.69) is 67.7 Å². The van der Waals surface area contributed by atoms with Gasteiger partial charge in [-0.3, -0.25) is 0 Å². The number of ether oxygens (including phenoxy) is 1. The van der Waals surface area contributed by atoms with Crippen LogP contribution in [0.1, 0.15) is 44.8 Å². The van der Waals surface area contributed by atoms with E-state index in [9.17, 15) is 0 Å². The van der Waals surface area contributed by atoms with Gasteiger partial charge in [-0.25, -0.2) is 5.32 Å². The summed E-state index contributed by atoms with van der Waals surface area (Å²) >= 11 is 1.89. The van der Waals surface area contributed by atoms with E-state index >= 15 is 0 Å². The first-order chi connectivity index (χ1) is 11.8. The highest BCUT2D eigenvalue weighted by Crippen LogP contribution is 2.33. The van der Waals surface area contributed by atoms with Crippen LogP contribution in [0.25, 0.3) is 0 Å². The third kappa shape index (κ3) is 6.21. The number of thioether (sulfide) groups is 1. The molecular weight excluding hydrogens is 314 g/mol. The lowest BCUT2D eigenvalue weighted by molar-refractivity contribution is 0.189. The molecule has 2 rings (SSSR count). The highest BCUT2D eigenvalue weighted by atomic mass is 32.2. The fourth-order valence-electron chi connectivity index (χ4n) is 2.47. The van der Waals surface area contributed by atoms with Gasteiger partial charge in [0.15, 0.2) is 0 Å². The Balaban J connectivity index is 2.10. The van der Waals surface area contributed by atoms with Gasteiger partial charge in [0.1, 0.15) is 11.9 Å². The van der Waals surface area contributed by atoms with Crippen LogP contribution in [0.4, 0.5) is 0 Å². The van der Waals surface area contributed by atoms with Crippen molar-refractivity contribution in [3.63, 3.8) is 0 Å². The molecule has 0 aromatic heterocycles. The molecule has 0 saturated carbocycles. The molecular formula is C21H28NOS. The zero-order valence-corrected chi connectivity index (χ0v) is 15.6. The maximum absolute atomic E-state index is 6.43. The molecule has 2 aromatic rings. The van der Waals surface area contributed by atoms with Crippen LogP contribution in [0.3, 0.4) is 0 Å². The Labute approximate surface area is 151 Å². The number of rotatable bonds is 11. The molecule has 3 heteroatoms. The summed E-state index contributed by atoms with van der Waals surface area (Å²) in [7, 11) is 0. The van der Waals surface area contributed by atoms with Gasteiger partial charge in [0.05, 0.1) is 0 Å². The minimum Gasteiger partial charge on any atom is -0.485 e. The Morgan fingerprint density at radius 1 is 1.00 bits per heavy atom. The van der Waals surface area contributed by atoms with Gasteiger partial charge in [0.2, 0.25) is 0 Å². The molecule has 2 aromatic carbocycles. The lowest BCUT2D eigenvalue weighted by atomic mass is 10.1. The predicted molar refractivity (Wildman–Crippen MR) is 104 cm³/mol. The maximum Gasteiger partial charge on any atom is 0.133 e. The van der Waals surface area contributed by atoms with Crippen molar-refractivity contribution in [3.05, 3.63) is 60.2 Å². The standard InChI is InChI=1S/C21H28NOS/c1-3-5-17-24-21-14-10-9-13-20(21)23-19(15-16-22-4-2)18-11-7-6-8-12-18/h6-14,19H,3-5,15-17H2,1-2H3/t19-/m0/s1. The summed E-state index contributed by atoms with van der Waals surface area (Å²) < 4.78 is 6.43. The van der Waals surface area contributed by atoms with Crippen molar-refractivity contribution in [3.8, 4) is 5.75 Å². The number of hydrogen-bond donors (Lipinski definition) is 0. The average molecular weight is 343 g/mol. The summed E-state index contributed by atoms with van der Waals surface area (Å²) in [6.07, 6.45) is 3.41. The summed E-state index contributed by atoms with van der Waals surface area (Å²) in [5.41, 5.74) is 1.22. The molecule has 0 amide bonds. The average Bonchev–Trinajstić information content (AvgIpc) is 2.63. The van der Waals surface area contributed by atoms with E-state index in [1.165, 1.54) is 23.3 Å². The van der Waals surface area contributed by atoms with Gasteiger partial charge in [-0.1, -0.05) is 62.7 Å². The number of hydrogen-bond acceptors (Lipinski definition) is 2. The van der Waals surface area contributed by atoms with Crippen molar-refractivity contribution < 1.29 is 4.74 Å². The fraction of sp³-hybridized carbons (Fsp3) is 0.429. The van der Waals surface area contributed by atoms with Crippen LogP contribution in [-0.2, 0) is 0 Å². The van der Waals surface area contributed by atoms with Gasteiger partial charge in [0.25, 0.3) is 0 Å². The lowest BCUT2D eigenvalue weighted by Gasteiger charge is -2.21. The largest absolute Gasteiger partial charge is 0.485 e. The predicted octanol–water partition coefficient (Wildman–Crippen LogP) is 5.71. The summed E-state index contributed by atoms with van der Waals surface area (Å²) in [6, 6.07) is 18.9. The normalized spacial score (nSPS) is 12.1. The molecule has 0 saturated heterocycles. The molecule has 0 unspecified atom stereocenters. The highest BCUT2D eigenvalue weighted by Gasteiger charge is 2.15. The summed E-state index contributed by atoms with van der Waals surface area (Å²) in [6.45, 7) is 6.01. The number of para-hydroxylation sites is 1. The first kappa shape index (κ1) is 18.9. The highest BCUT2D eigenvalue weighted by molar-refractivity contribution is 7.99. The van der Waals surface area contributed by atoms with Crippen LogP contribution in [0.2, 0.25) is 0 Å².